The van der Waals surface area contributed by atoms with Crippen molar-refractivity contribution in [1.82, 2.24) is 4.98 Å². The SMILES string of the molecule is CCOc1ccc(C(=O)Nc2ccc(C)c(S(=O)(=O)Nc3ccccc3OC)c2)cn1. The first-order valence-electron chi connectivity index (χ1n) is 9.50. The van der Waals surface area contributed by atoms with Crippen molar-refractivity contribution in [3.63, 3.8) is 0 Å². The molecule has 2 aromatic carbocycles. The van der Waals surface area contributed by atoms with Crippen molar-refractivity contribution in [1.29, 1.82) is 0 Å². The molecular formula is C22H23N3O5S. The van der Waals surface area contributed by atoms with Gasteiger partial charge in [-0.05, 0) is 49.7 Å². The van der Waals surface area contributed by atoms with Gasteiger partial charge >= 0.3 is 0 Å². The number of benzene rings is 2. The Hall–Kier alpha value is -3.59. The van der Waals surface area contributed by atoms with Gasteiger partial charge in [-0.25, -0.2) is 13.4 Å². The summed E-state index contributed by atoms with van der Waals surface area (Å²) in [6.45, 7) is 3.99. The molecule has 3 rings (SSSR count). The Morgan fingerprint density at radius 2 is 1.87 bits per heavy atom. The highest BCUT2D eigenvalue weighted by Crippen LogP contribution is 2.28. The van der Waals surface area contributed by atoms with E-state index in [1.165, 1.54) is 19.4 Å². The van der Waals surface area contributed by atoms with Crippen molar-refractivity contribution in [2.75, 3.05) is 23.8 Å². The number of aryl methyl sites for hydroxylation is 1. The van der Waals surface area contributed by atoms with Gasteiger partial charge in [0.25, 0.3) is 15.9 Å². The lowest BCUT2D eigenvalue weighted by molar-refractivity contribution is 0.102. The van der Waals surface area contributed by atoms with E-state index >= 15 is 0 Å². The van der Waals surface area contributed by atoms with Crippen LogP contribution in [0, 0.1) is 6.92 Å². The van der Waals surface area contributed by atoms with Gasteiger partial charge in [-0.15, -0.1) is 0 Å². The third-order valence-electron chi connectivity index (χ3n) is 4.38. The quantitative estimate of drug-likeness (QED) is 0.550. The van der Waals surface area contributed by atoms with Crippen LogP contribution in [0.2, 0.25) is 0 Å². The summed E-state index contributed by atoms with van der Waals surface area (Å²) in [6, 6.07) is 14.6. The molecule has 3 aromatic rings. The Labute approximate surface area is 181 Å². The zero-order valence-electron chi connectivity index (χ0n) is 17.4. The van der Waals surface area contributed by atoms with Crippen molar-refractivity contribution in [3.05, 3.63) is 71.9 Å². The molecule has 1 aromatic heterocycles. The number of sulfonamides is 1. The molecule has 1 amide bonds. The van der Waals surface area contributed by atoms with Crippen LogP contribution in [0.1, 0.15) is 22.8 Å². The highest BCUT2D eigenvalue weighted by atomic mass is 32.2. The molecule has 0 saturated carbocycles. The fraction of sp³-hybridized carbons (Fsp3) is 0.182. The second kappa shape index (κ2) is 9.48. The minimum atomic E-state index is -3.92. The van der Waals surface area contributed by atoms with Crippen LogP contribution in [0.4, 0.5) is 11.4 Å². The van der Waals surface area contributed by atoms with Crippen LogP contribution in [0.5, 0.6) is 11.6 Å². The van der Waals surface area contributed by atoms with Crippen molar-refractivity contribution >= 4 is 27.3 Å². The molecule has 162 valence electrons. The van der Waals surface area contributed by atoms with Crippen molar-refractivity contribution in [2.45, 2.75) is 18.7 Å². The molecule has 0 radical (unpaired) electrons. The van der Waals surface area contributed by atoms with Crippen LogP contribution >= 0.6 is 0 Å². The number of hydrogen-bond donors (Lipinski definition) is 2. The summed E-state index contributed by atoms with van der Waals surface area (Å²) in [5.41, 5.74) is 1.51. The normalized spacial score (nSPS) is 10.9. The Morgan fingerprint density at radius 3 is 2.55 bits per heavy atom. The molecule has 2 N–H and O–H groups in total. The number of carbonyl (C=O) groups excluding carboxylic acids is 1. The number of aromatic nitrogens is 1. The molecule has 1 heterocycles. The zero-order valence-corrected chi connectivity index (χ0v) is 18.2. The van der Waals surface area contributed by atoms with E-state index in [2.05, 4.69) is 15.0 Å². The van der Waals surface area contributed by atoms with Crippen LogP contribution in [0.3, 0.4) is 0 Å². The number of amides is 1. The maximum absolute atomic E-state index is 13.0. The third-order valence-corrected chi connectivity index (χ3v) is 5.89. The summed E-state index contributed by atoms with van der Waals surface area (Å²) < 4.78 is 39.0. The zero-order chi connectivity index (χ0) is 22.4. The first-order valence-corrected chi connectivity index (χ1v) is 11.0. The molecule has 0 aliphatic rings. The van der Waals surface area contributed by atoms with Gasteiger partial charge in [-0.3, -0.25) is 9.52 Å². The standard InChI is InChI=1S/C22H23N3O5S/c1-4-30-21-12-10-16(14-23-21)22(26)24-17-11-9-15(2)20(13-17)31(27,28)25-18-7-5-6-8-19(18)29-3/h5-14,25H,4H2,1-3H3,(H,24,26). The predicted molar refractivity (Wildman–Crippen MR) is 118 cm³/mol. The molecule has 0 atom stereocenters. The molecule has 9 heteroatoms. The topological polar surface area (TPSA) is 107 Å². The van der Waals surface area contributed by atoms with E-state index < -0.39 is 15.9 Å². The number of hydrogen-bond acceptors (Lipinski definition) is 6. The average molecular weight is 442 g/mol. The van der Waals surface area contributed by atoms with Crippen molar-refractivity contribution < 1.29 is 22.7 Å². The molecule has 0 unspecified atom stereocenters. The van der Waals surface area contributed by atoms with Crippen LogP contribution in [0.25, 0.3) is 0 Å². The molecule has 0 fully saturated rings. The second-order valence-electron chi connectivity index (χ2n) is 6.56. The van der Waals surface area contributed by atoms with Gasteiger partial charge in [0.2, 0.25) is 5.88 Å². The Balaban J connectivity index is 1.83. The maximum atomic E-state index is 13.0. The number of nitrogens with zero attached hydrogens (tertiary/aromatic N) is 1. The first kappa shape index (κ1) is 22.1. The van der Waals surface area contributed by atoms with Crippen LogP contribution < -0.4 is 19.5 Å². The number of methoxy groups -OCH3 is 1. The highest BCUT2D eigenvalue weighted by Gasteiger charge is 2.20. The average Bonchev–Trinajstić information content (AvgIpc) is 2.76. The van der Waals surface area contributed by atoms with Gasteiger partial charge in [0.1, 0.15) is 5.75 Å². The molecular weight excluding hydrogens is 418 g/mol. The number of para-hydroxylation sites is 2. The number of nitrogens with one attached hydrogen (secondary N) is 2. The summed E-state index contributed by atoms with van der Waals surface area (Å²) >= 11 is 0. The smallest absolute Gasteiger partial charge is 0.262 e. The summed E-state index contributed by atoms with van der Waals surface area (Å²) in [5, 5.41) is 2.70. The van der Waals surface area contributed by atoms with Crippen LogP contribution in [0.15, 0.2) is 65.7 Å². The van der Waals surface area contributed by atoms with Crippen molar-refractivity contribution in [3.8, 4) is 11.6 Å². The van der Waals surface area contributed by atoms with Gasteiger partial charge in [0.15, 0.2) is 0 Å². The third kappa shape index (κ3) is 5.32. The molecule has 31 heavy (non-hydrogen) atoms. The number of rotatable bonds is 8. The van der Waals surface area contributed by atoms with E-state index in [1.807, 2.05) is 6.92 Å². The van der Waals surface area contributed by atoms with E-state index in [4.69, 9.17) is 9.47 Å². The monoisotopic (exact) mass is 441 g/mol. The lowest BCUT2D eigenvalue weighted by atomic mass is 10.2. The van der Waals surface area contributed by atoms with Gasteiger partial charge in [0.05, 0.1) is 29.9 Å². The van der Waals surface area contributed by atoms with E-state index in [1.54, 1.807) is 55.5 Å². The minimum absolute atomic E-state index is 0.0426. The van der Waals surface area contributed by atoms with Crippen LogP contribution in [-0.2, 0) is 10.0 Å². The van der Waals surface area contributed by atoms with Gasteiger partial charge in [-0.1, -0.05) is 18.2 Å². The molecule has 0 aliphatic heterocycles. The maximum Gasteiger partial charge on any atom is 0.262 e. The number of carbonyl (C=O) groups is 1. The second-order valence-corrected chi connectivity index (χ2v) is 8.21. The number of pyridine rings is 1. The minimum Gasteiger partial charge on any atom is -0.495 e. The summed E-state index contributed by atoms with van der Waals surface area (Å²) in [7, 11) is -2.46. The number of ether oxygens (including phenoxy) is 2. The summed E-state index contributed by atoms with van der Waals surface area (Å²) in [4.78, 5) is 16.6. The van der Waals surface area contributed by atoms with E-state index in [-0.39, 0.29) is 4.90 Å². The predicted octanol–water partition coefficient (Wildman–Crippen LogP) is 3.85. The molecule has 8 nitrogen and oxygen atoms in total. The van der Waals surface area contributed by atoms with Gasteiger partial charge < -0.3 is 14.8 Å². The van der Waals surface area contributed by atoms with Gasteiger partial charge in [0, 0.05) is 18.0 Å². The lowest BCUT2D eigenvalue weighted by Crippen LogP contribution is -2.16. The van der Waals surface area contributed by atoms with E-state index in [0.29, 0.717) is 40.7 Å². The molecule has 0 spiro atoms. The Kier molecular flexibility index (Phi) is 6.76. The largest absolute Gasteiger partial charge is 0.495 e. The first-order chi connectivity index (χ1) is 14.8. The molecule has 0 aliphatic carbocycles. The van der Waals surface area contributed by atoms with Crippen LogP contribution in [-0.4, -0.2) is 33.0 Å². The molecule has 0 saturated heterocycles. The van der Waals surface area contributed by atoms with E-state index in [9.17, 15) is 13.2 Å². The number of anilines is 2. The Morgan fingerprint density at radius 1 is 1.10 bits per heavy atom. The highest BCUT2D eigenvalue weighted by molar-refractivity contribution is 7.92. The fourth-order valence-corrected chi connectivity index (χ4v) is 4.19. The molecule has 0 bridgehead atoms. The summed E-state index contributed by atoms with van der Waals surface area (Å²) in [5.74, 6) is 0.404. The van der Waals surface area contributed by atoms with Gasteiger partial charge in [-0.2, -0.15) is 0 Å². The Bertz CT molecular complexity index is 1180. The fourth-order valence-electron chi connectivity index (χ4n) is 2.85. The summed E-state index contributed by atoms with van der Waals surface area (Å²) in [6.07, 6.45) is 1.40. The van der Waals surface area contributed by atoms with E-state index in [0.717, 1.165) is 0 Å². The van der Waals surface area contributed by atoms with Crippen molar-refractivity contribution in [2.24, 2.45) is 0 Å². The lowest BCUT2D eigenvalue weighted by Gasteiger charge is -2.14.